The Morgan fingerprint density at radius 1 is 1.27 bits per heavy atom. The topological polar surface area (TPSA) is 72.5 Å². The fraction of sp³-hybridized carbons (Fsp3) is 0.438. The zero-order valence-corrected chi connectivity index (χ0v) is 14.2. The van der Waals surface area contributed by atoms with Crippen molar-refractivity contribution in [3.05, 3.63) is 42.0 Å². The van der Waals surface area contributed by atoms with Crippen LogP contribution >= 0.6 is 0 Å². The average Bonchev–Trinajstić information content (AvgIpc) is 2.46. The van der Waals surface area contributed by atoms with Crippen molar-refractivity contribution in [3.8, 4) is 0 Å². The standard InChI is InChI=1S/C16H23NO4S/c1-12(2)14(7-10-16(18)21-4)11-17-22(19,20)15-8-5-13(3)6-9-15/h5-10,12,14,17H,11H2,1-4H3/b10-7-/t14-/m0/s1. The van der Waals surface area contributed by atoms with Gasteiger partial charge in [0, 0.05) is 12.6 Å². The summed E-state index contributed by atoms with van der Waals surface area (Å²) in [7, 11) is -2.25. The molecule has 6 heteroatoms. The lowest BCUT2D eigenvalue weighted by Gasteiger charge is -2.17. The number of hydrogen-bond acceptors (Lipinski definition) is 4. The lowest BCUT2D eigenvalue weighted by atomic mass is 9.96. The number of benzene rings is 1. The molecular formula is C16H23NO4S. The third-order valence-electron chi connectivity index (χ3n) is 3.38. The van der Waals surface area contributed by atoms with Crippen LogP contribution in [0.2, 0.25) is 0 Å². The highest BCUT2D eigenvalue weighted by Gasteiger charge is 2.17. The molecule has 0 heterocycles. The Morgan fingerprint density at radius 2 is 1.86 bits per heavy atom. The van der Waals surface area contributed by atoms with Crippen molar-refractivity contribution in [2.45, 2.75) is 25.7 Å². The van der Waals surface area contributed by atoms with E-state index in [-0.39, 0.29) is 23.3 Å². The summed E-state index contributed by atoms with van der Waals surface area (Å²) in [6.45, 7) is 6.05. The first-order chi connectivity index (χ1) is 10.3. The van der Waals surface area contributed by atoms with E-state index in [1.165, 1.54) is 13.2 Å². The number of sulfonamides is 1. The van der Waals surface area contributed by atoms with Crippen molar-refractivity contribution in [3.63, 3.8) is 0 Å². The summed E-state index contributed by atoms with van der Waals surface area (Å²) in [6, 6.07) is 6.66. The van der Waals surface area contributed by atoms with Crippen molar-refractivity contribution in [1.29, 1.82) is 0 Å². The zero-order chi connectivity index (χ0) is 16.8. The molecule has 0 aliphatic heterocycles. The second-order valence-electron chi connectivity index (χ2n) is 5.46. The SMILES string of the molecule is COC(=O)/C=C\[C@@H](CNS(=O)(=O)c1ccc(C)cc1)C(C)C. The first-order valence-electron chi connectivity index (χ1n) is 7.08. The van der Waals surface area contributed by atoms with Crippen molar-refractivity contribution in [2.75, 3.05) is 13.7 Å². The van der Waals surface area contributed by atoms with Gasteiger partial charge in [-0.1, -0.05) is 37.6 Å². The van der Waals surface area contributed by atoms with Crippen LogP contribution in [0.4, 0.5) is 0 Å². The quantitative estimate of drug-likeness (QED) is 0.616. The van der Waals surface area contributed by atoms with E-state index in [9.17, 15) is 13.2 Å². The van der Waals surface area contributed by atoms with Crippen LogP contribution in [0, 0.1) is 18.8 Å². The second kappa shape index (κ2) is 8.10. The molecule has 1 rings (SSSR count). The minimum Gasteiger partial charge on any atom is -0.466 e. The Morgan fingerprint density at radius 3 is 2.36 bits per heavy atom. The first kappa shape index (κ1) is 18.4. The van der Waals surface area contributed by atoms with Gasteiger partial charge in [-0.2, -0.15) is 0 Å². The highest BCUT2D eigenvalue weighted by atomic mass is 32.2. The summed E-state index contributed by atoms with van der Waals surface area (Å²) in [4.78, 5) is 11.4. The summed E-state index contributed by atoms with van der Waals surface area (Å²) < 4.78 is 31.6. The molecule has 1 aromatic carbocycles. The van der Waals surface area contributed by atoms with Gasteiger partial charge in [-0.25, -0.2) is 17.9 Å². The highest BCUT2D eigenvalue weighted by Crippen LogP contribution is 2.14. The number of nitrogens with one attached hydrogen (secondary N) is 1. The van der Waals surface area contributed by atoms with E-state index in [0.29, 0.717) is 0 Å². The Labute approximate surface area is 132 Å². The van der Waals surface area contributed by atoms with Gasteiger partial charge in [0.25, 0.3) is 0 Å². The number of aryl methyl sites for hydroxylation is 1. The monoisotopic (exact) mass is 325 g/mol. The van der Waals surface area contributed by atoms with E-state index in [2.05, 4.69) is 9.46 Å². The number of carbonyl (C=O) groups excluding carboxylic acids is 1. The van der Waals surface area contributed by atoms with Gasteiger partial charge < -0.3 is 4.74 Å². The molecule has 0 saturated carbocycles. The molecule has 1 atom stereocenters. The minimum atomic E-state index is -3.55. The lowest BCUT2D eigenvalue weighted by Crippen LogP contribution is -2.30. The van der Waals surface area contributed by atoms with E-state index in [0.717, 1.165) is 5.56 Å². The molecule has 0 bridgehead atoms. The predicted octanol–water partition coefficient (Wildman–Crippen LogP) is 2.27. The fourth-order valence-electron chi connectivity index (χ4n) is 1.80. The molecule has 0 unspecified atom stereocenters. The van der Waals surface area contributed by atoms with Crippen molar-refractivity contribution in [2.24, 2.45) is 11.8 Å². The molecule has 0 aliphatic rings. The van der Waals surface area contributed by atoms with Crippen LogP contribution in [-0.2, 0) is 19.6 Å². The molecule has 122 valence electrons. The Bertz CT molecular complexity index is 618. The Kier molecular flexibility index (Phi) is 6.77. The summed E-state index contributed by atoms with van der Waals surface area (Å²) in [5.74, 6) is -0.368. The van der Waals surface area contributed by atoms with E-state index in [1.807, 2.05) is 20.8 Å². The zero-order valence-electron chi connectivity index (χ0n) is 13.4. The minimum absolute atomic E-state index is 0.0978. The summed E-state index contributed by atoms with van der Waals surface area (Å²) in [5, 5.41) is 0. The maximum atomic E-state index is 12.2. The van der Waals surface area contributed by atoms with Crippen LogP contribution in [0.3, 0.4) is 0 Å². The molecule has 0 radical (unpaired) electrons. The molecule has 0 amide bonds. The summed E-state index contributed by atoms with van der Waals surface area (Å²) in [6.07, 6.45) is 3.00. The van der Waals surface area contributed by atoms with Crippen molar-refractivity contribution >= 4 is 16.0 Å². The van der Waals surface area contributed by atoms with E-state index < -0.39 is 16.0 Å². The smallest absolute Gasteiger partial charge is 0.330 e. The van der Waals surface area contributed by atoms with Gasteiger partial charge in [0.2, 0.25) is 10.0 Å². The number of hydrogen-bond donors (Lipinski definition) is 1. The molecule has 0 aromatic heterocycles. The van der Waals surface area contributed by atoms with E-state index in [4.69, 9.17) is 0 Å². The van der Waals surface area contributed by atoms with E-state index in [1.54, 1.807) is 30.3 Å². The molecule has 22 heavy (non-hydrogen) atoms. The second-order valence-corrected chi connectivity index (χ2v) is 7.22. The van der Waals surface area contributed by atoms with E-state index >= 15 is 0 Å². The molecule has 0 spiro atoms. The van der Waals surface area contributed by atoms with Gasteiger partial charge in [-0.05, 0) is 30.9 Å². The van der Waals surface area contributed by atoms with Gasteiger partial charge in [0.15, 0.2) is 0 Å². The number of methoxy groups -OCH3 is 1. The molecule has 1 aromatic rings. The Balaban J connectivity index is 2.77. The molecule has 0 saturated heterocycles. The van der Waals surface area contributed by atoms with Crippen LogP contribution in [-0.4, -0.2) is 28.0 Å². The molecular weight excluding hydrogens is 302 g/mol. The molecule has 0 fully saturated rings. The number of rotatable bonds is 7. The highest BCUT2D eigenvalue weighted by molar-refractivity contribution is 7.89. The van der Waals surface area contributed by atoms with Gasteiger partial charge in [-0.3, -0.25) is 0 Å². The average molecular weight is 325 g/mol. The predicted molar refractivity (Wildman–Crippen MR) is 85.9 cm³/mol. The van der Waals surface area contributed by atoms with Crippen LogP contribution in [0.25, 0.3) is 0 Å². The largest absolute Gasteiger partial charge is 0.466 e. The van der Waals surface area contributed by atoms with Crippen LogP contribution in [0.5, 0.6) is 0 Å². The molecule has 1 N–H and O–H groups in total. The van der Waals surface area contributed by atoms with Gasteiger partial charge in [0.1, 0.15) is 0 Å². The molecule has 0 aliphatic carbocycles. The maximum absolute atomic E-state index is 12.2. The number of carbonyl (C=O) groups is 1. The first-order valence-corrected chi connectivity index (χ1v) is 8.57. The number of ether oxygens (including phenoxy) is 1. The van der Waals surface area contributed by atoms with Gasteiger partial charge in [-0.15, -0.1) is 0 Å². The summed E-state index contributed by atoms with van der Waals surface area (Å²) >= 11 is 0. The lowest BCUT2D eigenvalue weighted by molar-refractivity contribution is -0.134. The summed E-state index contributed by atoms with van der Waals surface area (Å²) in [5.41, 5.74) is 1.00. The van der Waals surface area contributed by atoms with Crippen LogP contribution < -0.4 is 4.72 Å². The van der Waals surface area contributed by atoms with Crippen LogP contribution in [0.1, 0.15) is 19.4 Å². The third-order valence-corrected chi connectivity index (χ3v) is 4.82. The van der Waals surface area contributed by atoms with Crippen molar-refractivity contribution in [1.82, 2.24) is 4.72 Å². The van der Waals surface area contributed by atoms with Crippen molar-refractivity contribution < 1.29 is 17.9 Å². The fourth-order valence-corrected chi connectivity index (χ4v) is 2.88. The van der Waals surface area contributed by atoms with Crippen LogP contribution in [0.15, 0.2) is 41.3 Å². The Hall–Kier alpha value is -1.66. The van der Waals surface area contributed by atoms with Gasteiger partial charge >= 0.3 is 5.97 Å². The van der Waals surface area contributed by atoms with Gasteiger partial charge in [0.05, 0.1) is 12.0 Å². The number of esters is 1. The maximum Gasteiger partial charge on any atom is 0.330 e. The molecule has 5 nitrogen and oxygen atoms in total. The third kappa shape index (κ3) is 5.61. The normalized spacial score (nSPS) is 13.5.